The van der Waals surface area contributed by atoms with Crippen LogP contribution in [0.2, 0.25) is 0 Å². The van der Waals surface area contributed by atoms with E-state index in [0.29, 0.717) is 39.8 Å². The molecule has 0 aliphatic carbocycles. The predicted octanol–water partition coefficient (Wildman–Crippen LogP) is 3.93. The molecule has 0 heterocycles. The maximum absolute atomic E-state index is 12.4. The lowest BCUT2D eigenvalue weighted by Crippen LogP contribution is -2.17. The second kappa shape index (κ2) is 11.9. The first-order chi connectivity index (χ1) is 16.6. The van der Waals surface area contributed by atoms with Crippen LogP contribution in [-0.2, 0) is 0 Å². The summed E-state index contributed by atoms with van der Waals surface area (Å²) in [7, 11) is 6.31. The van der Waals surface area contributed by atoms with Gasteiger partial charge in [-0.15, -0.1) is 0 Å². The number of hydrazone groups is 2. The van der Waals surface area contributed by atoms with Crippen LogP contribution >= 0.6 is 0 Å². The average molecular weight is 463 g/mol. The summed E-state index contributed by atoms with van der Waals surface area (Å²) in [6.07, 6.45) is 3.15. The molecular formula is C25H26N4O5. The van der Waals surface area contributed by atoms with Gasteiger partial charge in [-0.1, -0.05) is 0 Å². The fourth-order valence-corrected chi connectivity index (χ4v) is 2.95. The van der Waals surface area contributed by atoms with Gasteiger partial charge in [-0.3, -0.25) is 10.2 Å². The number of carbonyl (C=O) groups excluding carboxylic acids is 1. The molecule has 9 nitrogen and oxygen atoms in total. The molecule has 0 aromatic heterocycles. The van der Waals surface area contributed by atoms with Crippen molar-refractivity contribution in [3.8, 4) is 23.0 Å². The summed E-state index contributed by atoms with van der Waals surface area (Å²) in [5.41, 5.74) is 8.08. The lowest BCUT2D eigenvalue weighted by molar-refractivity contribution is 0.0955. The number of rotatable bonds is 10. The predicted molar refractivity (Wildman–Crippen MR) is 132 cm³/mol. The quantitative estimate of drug-likeness (QED) is 0.350. The highest BCUT2D eigenvalue weighted by Gasteiger charge is 2.06. The third-order valence-electron chi connectivity index (χ3n) is 4.80. The Morgan fingerprint density at radius 2 is 1.24 bits per heavy atom. The summed E-state index contributed by atoms with van der Waals surface area (Å²) < 4.78 is 21.0. The fraction of sp³-hybridized carbons (Fsp3) is 0.160. The van der Waals surface area contributed by atoms with Crippen LogP contribution in [0, 0.1) is 0 Å². The molecule has 0 aliphatic rings. The van der Waals surface area contributed by atoms with E-state index in [9.17, 15) is 4.79 Å². The van der Waals surface area contributed by atoms with Crippen molar-refractivity contribution in [1.29, 1.82) is 0 Å². The summed E-state index contributed by atoms with van der Waals surface area (Å²) in [6, 6.07) is 17.6. The SMILES string of the molecule is COc1ccc(C=NNC(=O)c2ccc(NN=Cc3ccc(OC)cc3OC)cc2)c(OC)c1. The maximum Gasteiger partial charge on any atom is 0.271 e. The van der Waals surface area contributed by atoms with Crippen molar-refractivity contribution in [3.63, 3.8) is 0 Å². The number of benzene rings is 3. The highest BCUT2D eigenvalue weighted by molar-refractivity contribution is 5.95. The van der Waals surface area contributed by atoms with Crippen LogP contribution in [0.3, 0.4) is 0 Å². The molecule has 0 fully saturated rings. The Hall–Kier alpha value is -4.53. The molecule has 3 rings (SSSR count). The molecule has 176 valence electrons. The minimum Gasteiger partial charge on any atom is -0.497 e. The summed E-state index contributed by atoms with van der Waals surface area (Å²) in [6.45, 7) is 0. The first-order valence-corrected chi connectivity index (χ1v) is 10.2. The van der Waals surface area contributed by atoms with Crippen molar-refractivity contribution >= 4 is 24.0 Å². The largest absolute Gasteiger partial charge is 0.497 e. The van der Waals surface area contributed by atoms with Crippen LogP contribution < -0.4 is 29.8 Å². The van der Waals surface area contributed by atoms with Crippen LogP contribution in [0.25, 0.3) is 0 Å². The molecule has 34 heavy (non-hydrogen) atoms. The van der Waals surface area contributed by atoms with Crippen LogP contribution in [-0.4, -0.2) is 46.8 Å². The van der Waals surface area contributed by atoms with Gasteiger partial charge < -0.3 is 18.9 Å². The zero-order chi connectivity index (χ0) is 24.3. The molecule has 2 N–H and O–H groups in total. The van der Waals surface area contributed by atoms with Gasteiger partial charge in [0.25, 0.3) is 5.91 Å². The van der Waals surface area contributed by atoms with E-state index in [1.54, 1.807) is 83.2 Å². The molecule has 0 spiro atoms. The monoisotopic (exact) mass is 462 g/mol. The molecule has 0 radical (unpaired) electrons. The zero-order valence-electron chi connectivity index (χ0n) is 19.4. The molecule has 1 amide bonds. The highest BCUT2D eigenvalue weighted by atomic mass is 16.5. The van der Waals surface area contributed by atoms with Gasteiger partial charge in [-0.05, 0) is 48.5 Å². The Morgan fingerprint density at radius 3 is 1.74 bits per heavy atom. The van der Waals surface area contributed by atoms with Crippen molar-refractivity contribution in [1.82, 2.24) is 5.43 Å². The summed E-state index contributed by atoms with van der Waals surface area (Å²) in [4.78, 5) is 12.4. The molecule has 9 heteroatoms. The highest BCUT2D eigenvalue weighted by Crippen LogP contribution is 2.24. The fourth-order valence-electron chi connectivity index (χ4n) is 2.95. The minimum atomic E-state index is -0.346. The molecule has 0 unspecified atom stereocenters. The Labute approximate surface area is 198 Å². The van der Waals surface area contributed by atoms with Crippen molar-refractivity contribution in [2.45, 2.75) is 0 Å². The van der Waals surface area contributed by atoms with Gasteiger partial charge in [-0.2, -0.15) is 10.2 Å². The van der Waals surface area contributed by atoms with Crippen LogP contribution in [0.4, 0.5) is 5.69 Å². The Balaban J connectivity index is 1.57. The van der Waals surface area contributed by atoms with E-state index in [2.05, 4.69) is 21.1 Å². The number of anilines is 1. The molecule has 0 bridgehead atoms. The number of hydrogen-bond donors (Lipinski definition) is 2. The number of nitrogens with one attached hydrogen (secondary N) is 2. The van der Waals surface area contributed by atoms with Crippen molar-refractivity contribution in [2.75, 3.05) is 33.9 Å². The second-order valence-electron chi connectivity index (χ2n) is 6.86. The van der Waals surface area contributed by atoms with Crippen molar-refractivity contribution in [3.05, 3.63) is 77.4 Å². The van der Waals surface area contributed by atoms with E-state index in [-0.39, 0.29) is 5.91 Å². The van der Waals surface area contributed by atoms with Crippen LogP contribution in [0.5, 0.6) is 23.0 Å². The van der Waals surface area contributed by atoms with Crippen molar-refractivity contribution in [2.24, 2.45) is 10.2 Å². The topological polar surface area (TPSA) is 103 Å². The normalized spacial score (nSPS) is 10.8. The van der Waals surface area contributed by atoms with Gasteiger partial charge in [0, 0.05) is 28.8 Å². The molecule has 0 saturated heterocycles. The number of methoxy groups -OCH3 is 4. The number of carbonyl (C=O) groups is 1. The van der Waals surface area contributed by atoms with Crippen molar-refractivity contribution < 1.29 is 23.7 Å². The molecule has 0 atom stereocenters. The smallest absolute Gasteiger partial charge is 0.271 e. The van der Waals surface area contributed by atoms with E-state index in [0.717, 1.165) is 5.56 Å². The Bertz CT molecular complexity index is 1180. The molecule has 0 aliphatic heterocycles. The standard InChI is InChI=1S/C25H26N4O5/c1-31-21-11-7-18(23(13-21)33-3)15-26-28-20-9-5-17(6-10-20)25(30)29-27-16-19-8-12-22(32-2)14-24(19)34-4/h5-16,28H,1-4H3,(H,29,30). The van der Waals surface area contributed by atoms with Crippen LogP contribution in [0.1, 0.15) is 21.5 Å². The van der Waals surface area contributed by atoms with E-state index >= 15 is 0 Å². The van der Waals surface area contributed by atoms with E-state index in [1.807, 2.05) is 12.1 Å². The number of nitrogens with zero attached hydrogens (tertiary/aromatic N) is 2. The zero-order valence-corrected chi connectivity index (χ0v) is 19.4. The number of ether oxygens (including phenoxy) is 4. The van der Waals surface area contributed by atoms with E-state index in [1.165, 1.54) is 6.21 Å². The van der Waals surface area contributed by atoms with E-state index < -0.39 is 0 Å². The second-order valence-corrected chi connectivity index (χ2v) is 6.86. The van der Waals surface area contributed by atoms with Gasteiger partial charge in [0.2, 0.25) is 0 Å². The Morgan fingerprint density at radius 1 is 0.706 bits per heavy atom. The van der Waals surface area contributed by atoms with Gasteiger partial charge in [0.15, 0.2) is 0 Å². The molecule has 3 aromatic rings. The van der Waals surface area contributed by atoms with Gasteiger partial charge >= 0.3 is 0 Å². The number of hydrogen-bond acceptors (Lipinski definition) is 8. The molecular weight excluding hydrogens is 436 g/mol. The Kier molecular flexibility index (Phi) is 8.45. The maximum atomic E-state index is 12.4. The summed E-state index contributed by atoms with van der Waals surface area (Å²) in [5, 5.41) is 8.23. The van der Waals surface area contributed by atoms with E-state index in [4.69, 9.17) is 18.9 Å². The summed E-state index contributed by atoms with van der Waals surface area (Å²) in [5.74, 6) is 2.24. The third-order valence-corrected chi connectivity index (χ3v) is 4.80. The number of amides is 1. The lowest BCUT2D eigenvalue weighted by atomic mass is 10.2. The third kappa shape index (κ3) is 6.26. The van der Waals surface area contributed by atoms with Gasteiger partial charge in [0.05, 0.1) is 46.6 Å². The minimum absolute atomic E-state index is 0.346. The molecule has 0 saturated carbocycles. The molecule has 3 aromatic carbocycles. The van der Waals surface area contributed by atoms with Crippen LogP contribution in [0.15, 0.2) is 70.9 Å². The first kappa shape index (κ1) is 24.1. The lowest BCUT2D eigenvalue weighted by Gasteiger charge is -2.07. The summed E-state index contributed by atoms with van der Waals surface area (Å²) >= 11 is 0. The average Bonchev–Trinajstić information content (AvgIpc) is 2.89. The van der Waals surface area contributed by atoms with Gasteiger partial charge in [-0.25, -0.2) is 5.43 Å². The van der Waals surface area contributed by atoms with Gasteiger partial charge in [0.1, 0.15) is 23.0 Å². The first-order valence-electron chi connectivity index (χ1n) is 10.2.